The fourth-order valence-electron chi connectivity index (χ4n) is 2.75. The van der Waals surface area contributed by atoms with Crippen molar-refractivity contribution < 1.29 is 33.0 Å². The third-order valence-corrected chi connectivity index (χ3v) is 4.58. The molecule has 11 heteroatoms. The second-order valence-electron chi connectivity index (χ2n) is 7.37. The molecule has 0 saturated heterocycles. The lowest BCUT2D eigenvalue weighted by molar-refractivity contribution is -0.137. The minimum absolute atomic E-state index is 0.0972. The molecule has 2 bridgehead atoms. The first-order valence-corrected chi connectivity index (χ1v) is 10.3. The number of aliphatic carboxylic acids is 1. The van der Waals surface area contributed by atoms with E-state index < -0.39 is 18.7 Å². The first kappa shape index (κ1) is 28.3. The first-order chi connectivity index (χ1) is 15.8. The maximum Gasteiger partial charge on any atom is 0.406 e. The second-order valence-corrected chi connectivity index (χ2v) is 7.37. The maximum absolute atomic E-state index is 12.3. The Kier molecular flexibility index (Phi) is 10.9. The number of amides is 1. The summed E-state index contributed by atoms with van der Waals surface area (Å²) in [6.07, 6.45) is 5.96. The Morgan fingerprint density at radius 2 is 1.91 bits per heavy atom. The molecule has 0 atom stereocenters. The van der Waals surface area contributed by atoms with Crippen LogP contribution >= 0.6 is 0 Å². The molecule has 0 radical (unpaired) electrons. The number of aliphatic hydroxyl groups is 1. The number of nitrogens with one attached hydrogen (secondary N) is 1. The molecule has 0 spiro atoms. The highest BCUT2D eigenvalue weighted by atomic mass is 19.4. The third-order valence-electron chi connectivity index (χ3n) is 4.58. The van der Waals surface area contributed by atoms with E-state index in [1.807, 2.05) is 0 Å². The van der Waals surface area contributed by atoms with Gasteiger partial charge in [-0.25, -0.2) is 4.99 Å². The Morgan fingerprint density at radius 1 is 1.26 bits per heavy atom. The molecule has 2 aliphatic rings. The van der Waals surface area contributed by atoms with Gasteiger partial charge in [0, 0.05) is 25.1 Å². The number of fused-ring (bicyclic) bond motifs is 2. The Morgan fingerprint density at radius 3 is 2.50 bits per heavy atom. The Hall–Kier alpha value is -3.76. The van der Waals surface area contributed by atoms with Crippen LogP contribution in [0.2, 0.25) is 0 Å². The fraction of sp³-hybridized carbons (Fsp3) is 0.348. The molecule has 8 nitrogen and oxygen atoms in total. The molecular formula is C23H29F3N4O4. The van der Waals surface area contributed by atoms with E-state index >= 15 is 0 Å². The number of aliphatic imine (C=N–C) groups is 1. The van der Waals surface area contributed by atoms with E-state index in [0.29, 0.717) is 29.0 Å². The number of nitrogens with zero attached hydrogens (tertiary/aromatic N) is 2. The van der Waals surface area contributed by atoms with Gasteiger partial charge in [-0.15, -0.1) is 0 Å². The summed E-state index contributed by atoms with van der Waals surface area (Å²) in [4.78, 5) is 26.5. The number of hydrogen-bond acceptors (Lipinski definition) is 6. The van der Waals surface area contributed by atoms with Crippen molar-refractivity contribution in [2.75, 3.05) is 13.1 Å². The number of carbonyl (C=O) groups is 2. The lowest BCUT2D eigenvalue weighted by Gasteiger charge is -2.30. The standard InChI is InChI=1S/C13H19NO4.C10H10F3N3/c1-4-9(2)13(18)10(3)5-6-11(15)14-8-7-12(16)17;11-10(12,13)6-16-8-4-2-1-3-7(5-8)15-9(16)14/h4-5,18H,1,6-8H2,2-3H3,(H,14,15)(H,16,17);1-4H,5-6H2,(H2,14,15)/b10-5-,13-9+;. The molecule has 1 heterocycles. The number of halogens is 3. The number of alkyl halides is 3. The normalized spacial score (nSPS) is 16.1. The smallest absolute Gasteiger partial charge is 0.406 e. The van der Waals surface area contributed by atoms with E-state index in [9.17, 15) is 27.9 Å². The minimum atomic E-state index is -4.29. The highest BCUT2D eigenvalue weighted by Gasteiger charge is 2.34. The Balaban J connectivity index is 0.000000341. The zero-order valence-electron chi connectivity index (χ0n) is 19.0. The molecular weight excluding hydrogens is 453 g/mol. The summed E-state index contributed by atoms with van der Waals surface area (Å²) < 4.78 is 37.0. The van der Waals surface area contributed by atoms with Gasteiger partial charge in [-0.05, 0) is 37.1 Å². The molecule has 0 aromatic rings. The zero-order chi connectivity index (χ0) is 25.9. The van der Waals surface area contributed by atoms with E-state index in [-0.39, 0.29) is 37.0 Å². The van der Waals surface area contributed by atoms with E-state index in [4.69, 9.17) is 10.8 Å². The lowest BCUT2D eigenvalue weighted by atomic mass is 10.1. The van der Waals surface area contributed by atoms with Crippen LogP contribution in [0.4, 0.5) is 13.2 Å². The van der Waals surface area contributed by atoms with Crippen LogP contribution in [0.3, 0.4) is 0 Å². The van der Waals surface area contributed by atoms with Crippen LogP contribution < -0.4 is 11.1 Å². The number of carbonyl (C=O) groups excluding carboxylic acids is 1. The number of nitrogens with two attached hydrogens (primary N) is 1. The van der Waals surface area contributed by atoms with E-state index in [0.717, 1.165) is 4.90 Å². The molecule has 0 aromatic heterocycles. The van der Waals surface area contributed by atoms with E-state index in [1.54, 1.807) is 44.2 Å². The summed E-state index contributed by atoms with van der Waals surface area (Å²) in [5.41, 5.74) is 7.93. The minimum Gasteiger partial charge on any atom is -0.507 e. The van der Waals surface area contributed by atoms with Crippen molar-refractivity contribution in [1.29, 1.82) is 0 Å². The number of carboxylic acid groups (broad SMARTS) is 1. The molecule has 34 heavy (non-hydrogen) atoms. The number of hydrogen-bond donors (Lipinski definition) is 4. The van der Waals surface area contributed by atoms with Gasteiger partial charge in [0.15, 0.2) is 0 Å². The average molecular weight is 483 g/mol. The van der Waals surface area contributed by atoms with Crippen LogP contribution in [-0.2, 0) is 9.59 Å². The van der Waals surface area contributed by atoms with Crippen LogP contribution in [-0.4, -0.2) is 52.2 Å². The predicted octanol–water partition coefficient (Wildman–Crippen LogP) is 3.84. The van der Waals surface area contributed by atoms with Gasteiger partial charge in [-0.2, -0.15) is 13.2 Å². The SMILES string of the molecule is C=C/C(C)=C(O)\C(C)=C/CC(=O)NCCC(=O)O.NC1=NC2=CC=CC=C(C2)N1CC(F)(F)F. The van der Waals surface area contributed by atoms with Crippen molar-refractivity contribution in [2.45, 2.75) is 39.3 Å². The maximum atomic E-state index is 12.3. The van der Waals surface area contributed by atoms with Gasteiger partial charge in [-0.3, -0.25) is 9.59 Å². The highest BCUT2D eigenvalue weighted by molar-refractivity contribution is 5.82. The van der Waals surface area contributed by atoms with Gasteiger partial charge in [0.25, 0.3) is 0 Å². The summed E-state index contributed by atoms with van der Waals surface area (Å²) in [5.74, 6) is -1.24. The molecule has 1 aliphatic heterocycles. The van der Waals surface area contributed by atoms with Crippen LogP contribution in [0.15, 0.2) is 76.3 Å². The van der Waals surface area contributed by atoms with E-state index in [2.05, 4.69) is 16.9 Å². The van der Waals surface area contributed by atoms with Gasteiger partial charge in [0.2, 0.25) is 11.9 Å². The van der Waals surface area contributed by atoms with Gasteiger partial charge in [0.05, 0.1) is 12.1 Å². The van der Waals surface area contributed by atoms with Crippen molar-refractivity contribution in [3.8, 4) is 0 Å². The fourth-order valence-corrected chi connectivity index (χ4v) is 2.75. The van der Waals surface area contributed by atoms with Gasteiger partial charge in [0.1, 0.15) is 12.3 Å². The quantitative estimate of drug-likeness (QED) is 0.307. The van der Waals surface area contributed by atoms with Crippen molar-refractivity contribution in [2.24, 2.45) is 10.7 Å². The lowest BCUT2D eigenvalue weighted by Crippen LogP contribution is -2.44. The predicted molar refractivity (Wildman–Crippen MR) is 123 cm³/mol. The first-order valence-electron chi connectivity index (χ1n) is 10.3. The summed E-state index contributed by atoms with van der Waals surface area (Å²) >= 11 is 0. The highest BCUT2D eigenvalue weighted by Crippen LogP contribution is 2.27. The van der Waals surface area contributed by atoms with Crippen molar-refractivity contribution >= 4 is 17.8 Å². The van der Waals surface area contributed by atoms with Gasteiger partial charge < -0.3 is 26.2 Å². The zero-order valence-corrected chi connectivity index (χ0v) is 19.0. The molecule has 1 aliphatic carbocycles. The molecule has 0 saturated carbocycles. The topological polar surface area (TPSA) is 128 Å². The summed E-state index contributed by atoms with van der Waals surface area (Å²) in [6, 6.07) is 0. The number of carboxylic acids is 1. The molecule has 186 valence electrons. The van der Waals surface area contributed by atoms with Crippen molar-refractivity contribution in [3.63, 3.8) is 0 Å². The van der Waals surface area contributed by atoms with Crippen molar-refractivity contribution in [3.05, 3.63) is 71.3 Å². The van der Waals surface area contributed by atoms with Crippen LogP contribution in [0.1, 0.15) is 33.1 Å². The number of rotatable bonds is 8. The summed E-state index contributed by atoms with van der Waals surface area (Å²) in [5, 5.41) is 20.5. The van der Waals surface area contributed by atoms with E-state index in [1.165, 1.54) is 6.08 Å². The van der Waals surface area contributed by atoms with Crippen LogP contribution in [0.5, 0.6) is 0 Å². The molecule has 5 N–H and O–H groups in total. The molecule has 2 rings (SSSR count). The molecule has 0 fully saturated rings. The molecule has 0 unspecified atom stereocenters. The monoisotopic (exact) mass is 482 g/mol. The largest absolute Gasteiger partial charge is 0.507 e. The average Bonchev–Trinajstić information content (AvgIpc) is 2.95. The molecule has 0 aromatic carbocycles. The Bertz CT molecular complexity index is 973. The number of allylic oxidation sites excluding steroid dienone is 7. The summed E-state index contributed by atoms with van der Waals surface area (Å²) in [6.45, 7) is 5.94. The van der Waals surface area contributed by atoms with Crippen LogP contribution in [0, 0.1) is 0 Å². The van der Waals surface area contributed by atoms with Crippen LogP contribution in [0.25, 0.3) is 0 Å². The van der Waals surface area contributed by atoms with Gasteiger partial charge >= 0.3 is 12.1 Å². The van der Waals surface area contributed by atoms with Gasteiger partial charge in [-0.1, -0.05) is 30.9 Å². The number of guanidine groups is 1. The third kappa shape index (κ3) is 10.2. The number of aliphatic hydroxyl groups excluding tert-OH is 1. The second kappa shape index (κ2) is 13.1. The summed E-state index contributed by atoms with van der Waals surface area (Å²) in [7, 11) is 0. The Labute approximate surface area is 196 Å². The van der Waals surface area contributed by atoms with Crippen molar-refractivity contribution in [1.82, 2.24) is 10.2 Å². The molecule has 1 amide bonds.